The molecule has 0 amide bonds. The van der Waals surface area contributed by atoms with E-state index in [0.29, 0.717) is 6.04 Å². The molecule has 3 aromatic carbocycles. The van der Waals surface area contributed by atoms with Gasteiger partial charge in [0.1, 0.15) is 0 Å². The lowest BCUT2D eigenvalue weighted by Crippen LogP contribution is -2.54. The molecule has 0 saturated heterocycles. The highest BCUT2D eigenvalue weighted by atomic mass is 28.4. The molecule has 0 nitrogen and oxygen atoms in total. The molecule has 0 aromatic heterocycles. The molecule has 0 saturated carbocycles. The summed E-state index contributed by atoms with van der Waals surface area (Å²) >= 11 is 0. The van der Waals surface area contributed by atoms with Crippen LogP contribution < -0.4 is 10.4 Å². The third-order valence-corrected chi connectivity index (χ3v) is 7.50. The Labute approximate surface area is 132 Å². The molecule has 0 aliphatic rings. The summed E-state index contributed by atoms with van der Waals surface area (Å²) in [7, 11) is -3.18. The van der Waals surface area contributed by atoms with Crippen molar-refractivity contribution in [1.82, 2.24) is 0 Å². The molecular formula is C20H19FSi. The summed E-state index contributed by atoms with van der Waals surface area (Å²) in [6, 6.07) is 30.1. The van der Waals surface area contributed by atoms with Gasteiger partial charge in [-0.3, -0.25) is 0 Å². The molecule has 0 unspecified atom stereocenters. The summed E-state index contributed by atoms with van der Waals surface area (Å²) in [4.78, 5) is 0. The van der Waals surface area contributed by atoms with Gasteiger partial charge >= 0.3 is 8.41 Å². The van der Waals surface area contributed by atoms with E-state index in [4.69, 9.17) is 0 Å². The fraction of sp³-hybridized carbons (Fsp3) is 0.100. The van der Waals surface area contributed by atoms with E-state index in [-0.39, 0.29) is 0 Å². The van der Waals surface area contributed by atoms with Crippen molar-refractivity contribution in [2.45, 2.75) is 12.5 Å². The predicted octanol–water partition coefficient (Wildman–Crippen LogP) is 3.96. The number of rotatable bonds is 5. The van der Waals surface area contributed by atoms with Crippen LogP contribution in [-0.4, -0.2) is 8.41 Å². The van der Waals surface area contributed by atoms with Crippen molar-refractivity contribution >= 4 is 18.8 Å². The number of halogens is 1. The van der Waals surface area contributed by atoms with E-state index < -0.39 is 8.41 Å². The van der Waals surface area contributed by atoms with Crippen LogP contribution in [0, 0.1) is 0 Å². The fourth-order valence-corrected chi connectivity index (χ4v) is 5.81. The molecule has 22 heavy (non-hydrogen) atoms. The minimum atomic E-state index is -3.18. The molecule has 0 N–H and O–H groups in total. The van der Waals surface area contributed by atoms with Gasteiger partial charge in [-0.05, 0) is 28.4 Å². The van der Waals surface area contributed by atoms with Crippen molar-refractivity contribution in [3.63, 3.8) is 0 Å². The standard InChI is InChI=1S/C20H19FSi/c21-22(19-12-6-2-7-13-19,20-14-8-3-9-15-20)17-16-18-10-4-1-5-11-18/h1-15H,16-17H2. The first kappa shape index (κ1) is 14.7. The van der Waals surface area contributed by atoms with E-state index in [1.165, 1.54) is 5.56 Å². The van der Waals surface area contributed by atoms with Gasteiger partial charge in [-0.15, -0.1) is 0 Å². The van der Waals surface area contributed by atoms with Gasteiger partial charge in [0, 0.05) is 0 Å². The zero-order valence-corrected chi connectivity index (χ0v) is 13.5. The van der Waals surface area contributed by atoms with Gasteiger partial charge in [-0.2, -0.15) is 0 Å². The van der Waals surface area contributed by atoms with E-state index in [1.54, 1.807) is 0 Å². The summed E-state index contributed by atoms with van der Waals surface area (Å²) in [6.45, 7) is 0. The molecule has 0 aliphatic carbocycles. The average Bonchev–Trinajstić information content (AvgIpc) is 2.62. The molecule has 0 atom stereocenters. The van der Waals surface area contributed by atoms with Gasteiger partial charge in [0.2, 0.25) is 0 Å². The second-order valence-electron chi connectivity index (χ2n) is 5.52. The van der Waals surface area contributed by atoms with Crippen molar-refractivity contribution in [3.05, 3.63) is 96.6 Å². The van der Waals surface area contributed by atoms with E-state index in [2.05, 4.69) is 12.1 Å². The molecule has 3 aromatic rings. The molecular weight excluding hydrogens is 287 g/mol. The van der Waals surface area contributed by atoms with Crippen LogP contribution in [0.2, 0.25) is 6.04 Å². The van der Waals surface area contributed by atoms with Crippen LogP contribution in [0.5, 0.6) is 0 Å². The Bertz CT molecular complexity index is 656. The zero-order valence-electron chi connectivity index (χ0n) is 12.5. The summed E-state index contributed by atoms with van der Waals surface area (Å²) < 4.78 is 16.1. The smallest absolute Gasteiger partial charge is 0.302 e. The van der Waals surface area contributed by atoms with Gasteiger partial charge < -0.3 is 4.11 Å². The molecule has 0 radical (unpaired) electrons. The maximum Gasteiger partial charge on any atom is 0.308 e. The molecule has 0 fully saturated rings. The molecule has 0 spiro atoms. The number of benzene rings is 3. The maximum atomic E-state index is 16.1. The average molecular weight is 306 g/mol. The van der Waals surface area contributed by atoms with E-state index in [0.717, 1.165) is 16.8 Å². The van der Waals surface area contributed by atoms with Gasteiger partial charge in [0.25, 0.3) is 0 Å². The Balaban J connectivity index is 1.93. The van der Waals surface area contributed by atoms with Gasteiger partial charge in [-0.1, -0.05) is 91.0 Å². The van der Waals surface area contributed by atoms with Crippen LogP contribution >= 0.6 is 0 Å². The quantitative estimate of drug-likeness (QED) is 0.494. The van der Waals surface area contributed by atoms with Crippen LogP contribution in [-0.2, 0) is 6.42 Å². The molecule has 0 aliphatic heterocycles. The molecule has 0 heterocycles. The lowest BCUT2D eigenvalue weighted by Gasteiger charge is -2.23. The minimum absolute atomic E-state index is 0.574. The van der Waals surface area contributed by atoms with Crippen LogP contribution in [0.15, 0.2) is 91.0 Å². The third kappa shape index (κ3) is 3.17. The maximum absolute atomic E-state index is 16.1. The van der Waals surface area contributed by atoms with Crippen LogP contribution in [0.4, 0.5) is 4.11 Å². The molecule has 110 valence electrons. The van der Waals surface area contributed by atoms with Crippen LogP contribution in [0.25, 0.3) is 0 Å². The Morgan fingerprint density at radius 1 is 0.591 bits per heavy atom. The largest absolute Gasteiger partial charge is 0.308 e. The third-order valence-electron chi connectivity index (χ3n) is 4.06. The first-order chi connectivity index (χ1) is 10.8. The lowest BCUT2D eigenvalue weighted by atomic mass is 10.2. The highest BCUT2D eigenvalue weighted by Gasteiger charge is 2.38. The van der Waals surface area contributed by atoms with Crippen LogP contribution in [0.3, 0.4) is 0 Å². The van der Waals surface area contributed by atoms with E-state index in [9.17, 15) is 0 Å². The molecule has 0 bridgehead atoms. The van der Waals surface area contributed by atoms with Crippen molar-refractivity contribution in [3.8, 4) is 0 Å². The topological polar surface area (TPSA) is 0 Å². The van der Waals surface area contributed by atoms with E-state index >= 15 is 4.11 Å². The highest BCUT2D eigenvalue weighted by Crippen LogP contribution is 2.17. The predicted molar refractivity (Wildman–Crippen MR) is 94.0 cm³/mol. The number of hydrogen-bond acceptors (Lipinski definition) is 0. The highest BCUT2D eigenvalue weighted by molar-refractivity contribution is 6.97. The first-order valence-electron chi connectivity index (χ1n) is 7.63. The van der Waals surface area contributed by atoms with Crippen molar-refractivity contribution in [2.24, 2.45) is 0 Å². The SMILES string of the molecule is F[Si](CCc1ccccc1)(c1ccccc1)c1ccccc1. The minimum Gasteiger partial charge on any atom is -0.302 e. The van der Waals surface area contributed by atoms with Gasteiger partial charge in [0.15, 0.2) is 0 Å². The van der Waals surface area contributed by atoms with Gasteiger partial charge in [-0.25, -0.2) is 0 Å². The Hall–Kier alpha value is -2.19. The molecule has 2 heteroatoms. The second kappa shape index (κ2) is 6.71. The lowest BCUT2D eigenvalue weighted by molar-refractivity contribution is 0.802. The zero-order chi connectivity index (χ0) is 15.3. The fourth-order valence-electron chi connectivity index (χ4n) is 2.82. The van der Waals surface area contributed by atoms with Crippen molar-refractivity contribution < 1.29 is 4.11 Å². The second-order valence-corrected chi connectivity index (χ2v) is 8.78. The Morgan fingerprint density at radius 2 is 1.00 bits per heavy atom. The normalized spacial score (nSPS) is 11.3. The monoisotopic (exact) mass is 306 g/mol. The van der Waals surface area contributed by atoms with E-state index in [1.807, 2.05) is 78.9 Å². The van der Waals surface area contributed by atoms with Crippen molar-refractivity contribution in [1.29, 1.82) is 0 Å². The summed E-state index contributed by atoms with van der Waals surface area (Å²) in [5.74, 6) is 0. The Morgan fingerprint density at radius 3 is 1.45 bits per heavy atom. The summed E-state index contributed by atoms with van der Waals surface area (Å²) in [6.07, 6.45) is 0.771. The summed E-state index contributed by atoms with van der Waals surface area (Å²) in [5, 5.41) is 1.72. The summed E-state index contributed by atoms with van der Waals surface area (Å²) in [5.41, 5.74) is 1.20. The molecule has 3 rings (SSSR count). The van der Waals surface area contributed by atoms with Crippen molar-refractivity contribution in [2.75, 3.05) is 0 Å². The van der Waals surface area contributed by atoms with Crippen LogP contribution in [0.1, 0.15) is 5.56 Å². The van der Waals surface area contributed by atoms with Gasteiger partial charge in [0.05, 0.1) is 0 Å². The first-order valence-corrected chi connectivity index (χ1v) is 9.71. The number of hydrogen-bond donors (Lipinski definition) is 0. The number of aryl methyl sites for hydroxylation is 1. The Kier molecular flexibility index (Phi) is 4.49.